The summed E-state index contributed by atoms with van der Waals surface area (Å²) in [4.78, 5) is 23.3. The monoisotopic (exact) mass is 353 g/mol. The predicted octanol–water partition coefficient (Wildman–Crippen LogP) is 3.04. The molecule has 26 heavy (non-hydrogen) atoms. The number of nitrogens with zero attached hydrogens (tertiary/aromatic N) is 3. The molecular weight excluding hydrogens is 330 g/mol. The Balaban J connectivity index is 1.58. The molecule has 0 aliphatic rings. The second kappa shape index (κ2) is 7.95. The van der Waals surface area contributed by atoms with Crippen LogP contribution in [0.3, 0.4) is 0 Å². The molecule has 0 fully saturated rings. The fraction of sp³-hybridized carbons (Fsp3) is 0.368. The van der Waals surface area contributed by atoms with Crippen LogP contribution in [0, 0.1) is 13.8 Å². The van der Waals surface area contributed by atoms with Crippen molar-refractivity contribution in [1.29, 1.82) is 0 Å². The molecule has 2 N–H and O–H groups in total. The summed E-state index contributed by atoms with van der Waals surface area (Å²) >= 11 is 0. The molecule has 3 heterocycles. The Labute approximate surface area is 151 Å². The number of anilines is 1. The highest BCUT2D eigenvalue weighted by atomic mass is 16.5. The van der Waals surface area contributed by atoms with E-state index in [0.29, 0.717) is 5.82 Å². The summed E-state index contributed by atoms with van der Waals surface area (Å²) < 4.78 is 5.18. The molecule has 136 valence electrons. The van der Waals surface area contributed by atoms with Crippen LogP contribution in [0.2, 0.25) is 0 Å². The minimum atomic E-state index is -0.145. The van der Waals surface area contributed by atoms with Gasteiger partial charge in [-0.1, -0.05) is 12.1 Å². The summed E-state index contributed by atoms with van der Waals surface area (Å²) in [6.07, 6.45) is 4.31. The first-order valence-corrected chi connectivity index (χ1v) is 8.79. The summed E-state index contributed by atoms with van der Waals surface area (Å²) in [5.74, 6) is 2.23. The molecule has 3 aromatic rings. The van der Waals surface area contributed by atoms with Crippen LogP contribution in [0.15, 0.2) is 33.7 Å². The highest BCUT2D eigenvalue weighted by Gasteiger charge is 2.08. The molecule has 7 nitrogen and oxygen atoms in total. The van der Waals surface area contributed by atoms with Crippen molar-refractivity contribution in [3.63, 3.8) is 0 Å². The summed E-state index contributed by atoms with van der Waals surface area (Å²) in [6.45, 7) is 6.68. The number of aromatic amines is 1. The molecule has 0 spiro atoms. The fourth-order valence-corrected chi connectivity index (χ4v) is 2.80. The van der Waals surface area contributed by atoms with Crippen molar-refractivity contribution < 1.29 is 4.52 Å². The van der Waals surface area contributed by atoms with Gasteiger partial charge in [-0.05, 0) is 45.2 Å². The number of hydrogen-bond acceptors (Lipinski definition) is 6. The molecule has 0 atom stereocenters. The maximum Gasteiger partial charge on any atom is 0.251 e. The smallest absolute Gasteiger partial charge is 0.251 e. The van der Waals surface area contributed by atoms with Crippen LogP contribution in [0.5, 0.6) is 0 Å². The first-order chi connectivity index (χ1) is 12.6. The molecule has 0 amide bonds. The number of rotatable bonds is 7. The minimum Gasteiger partial charge on any atom is -0.370 e. The van der Waals surface area contributed by atoms with Gasteiger partial charge in [0.05, 0.1) is 5.69 Å². The van der Waals surface area contributed by atoms with Crippen LogP contribution < -0.4 is 10.9 Å². The van der Waals surface area contributed by atoms with E-state index in [0.717, 1.165) is 54.3 Å². The molecule has 3 aromatic heterocycles. The summed E-state index contributed by atoms with van der Waals surface area (Å²) in [5.41, 5.74) is 3.55. The lowest BCUT2D eigenvalue weighted by molar-refractivity contribution is 0.392. The lowest BCUT2D eigenvalue weighted by Gasteiger charge is -2.07. The summed E-state index contributed by atoms with van der Waals surface area (Å²) in [5, 5.41) is 7.28. The Bertz CT molecular complexity index is 908. The fourth-order valence-electron chi connectivity index (χ4n) is 2.80. The Kier molecular flexibility index (Phi) is 5.46. The molecule has 0 aliphatic carbocycles. The van der Waals surface area contributed by atoms with Crippen LogP contribution in [-0.2, 0) is 12.8 Å². The third kappa shape index (κ3) is 4.17. The van der Waals surface area contributed by atoms with Gasteiger partial charge in [-0.25, -0.2) is 9.97 Å². The minimum absolute atomic E-state index is 0.145. The molecule has 3 rings (SSSR count). The third-order valence-corrected chi connectivity index (χ3v) is 4.28. The first-order valence-electron chi connectivity index (χ1n) is 8.79. The van der Waals surface area contributed by atoms with E-state index < -0.39 is 0 Å². The van der Waals surface area contributed by atoms with Crippen molar-refractivity contribution in [2.45, 2.75) is 40.0 Å². The number of nitrogens with one attached hydrogen (secondary N) is 2. The maximum atomic E-state index is 11.7. The van der Waals surface area contributed by atoms with Crippen LogP contribution in [-0.4, -0.2) is 26.7 Å². The molecule has 0 aliphatic heterocycles. The second-order valence-corrected chi connectivity index (χ2v) is 6.20. The van der Waals surface area contributed by atoms with E-state index in [9.17, 15) is 4.79 Å². The van der Waals surface area contributed by atoms with E-state index in [1.165, 1.54) is 11.6 Å². The maximum absolute atomic E-state index is 11.7. The average Bonchev–Trinajstić information content (AvgIpc) is 2.97. The predicted molar refractivity (Wildman–Crippen MR) is 100 cm³/mol. The zero-order chi connectivity index (χ0) is 18.5. The lowest BCUT2D eigenvalue weighted by Crippen LogP contribution is -2.10. The topological polar surface area (TPSA) is 96.7 Å². The molecule has 0 unspecified atom stereocenters. The van der Waals surface area contributed by atoms with Crippen molar-refractivity contribution in [3.05, 3.63) is 57.5 Å². The second-order valence-electron chi connectivity index (χ2n) is 6.20. The van der Waals surface area contributed by atoms with E-state index in [-0.39, 0.29) is 5.56 Å². The zero-order valence-electron chi connectivity index (χ0n) is 15.3. The Hall–Kier alpha value is -2.96. The average molecular weight is 353 g/mol. The zero-order valence-corrected chi connectivity index (χ0v) is 15.3. The molecule has 7 heteroatoms. The van der Waals surface area contributed by atoms with Crippen LogP contribution in [0.4, 0.5) is 5.82 Å². The molecule has 0 saturated heterocycles. The van der Waals surface area contributed by atoms with Crippen LogP contribution in [0.25, 0.3) is 11.4 Å². The molecular formula is C19H23N5O2. The Morgan fingerprint density at radius 3 is 2.77 bits per heavy atom. The van der Waals surface area contributed by atoms with Crippen molar-refractivity contribution in [3.8, 4) is 11.4 Å². The van der Waals surface area contributed by atoms with Gasteiger partial charge in [0, 0.05) is 35.6 Å². The molecule has 0 radical (unpaired) electrons. The first kappa shape index (κ1) is 17.8. The number of pyridine rings is 1. The van der Waals surface area contributed by atoms with E-state index in [1.807, 2.05) is 32.9 Å². The van der Waals surface area contributed by atoms with E-state index in [4.69, 9.17) is 4.52 Å². The number of aromatic nitrogens is 4. The quantitative estimate of drug-likeness (QED) is 0.634. The van der Waals surface area contributed by atoms with Gasteiger partial charge in [-0.2, -0.15) is 0 Å². The van der Waals surface area contributed by atoms with Gasteiger partial charge in [-0.3, -0.25) is 4.79 Å². The van der Waals surface area contributed by atoms with Crippen molar-refractivity contribution in [2.24, 2.45) is 0 Å². The largest absolute Gasteiger partial charge is 0.370 e. The molecule has 0 bridgehead atoms. The number of hydrogen-bond donors (Lipinski definition) is 2. The number of aryl methyl sites for hydroxylation is 3. The van der Waals surface area contributed by atoms with Crippen LogP contribution in [0.1, 0.15) is 36.1 Å². The SMILES string of the molecule is CCc1cc(=O)[nH]c(-c2ccc(NCCCc3c(C)noc3C)nc2)n1. The van der Waals surface area contributed by atoms with Gasteiger partial charge in [0.2, 0.25) is 0 Å². The van der Waals surface area contributed by atoms with Gasteiger partial charge in [0.15, 0.2) is 0 Å². The Morgan fingerprint density at radius 1 is 1.27 bits per heavy atom. The van der Waals surface area contributed by atoms with Gasteiger partial charge >= 0.3 is 0 Å². The van der Waals surface area contributed by atoms with Gasteiger partial charge in [0.1, 0.15) is 17.4 Å². The van der Waals surface area contributed by atoms with E-state index in [2.05, 4.69) is 25.4 Å². The summed E-state index contributed by atoms with van der Waals surface area (Å²) in [6, 6.07) is 5.32. The van der Waals surface area contributed by atoms with E-state index in [1.54, 1.807) is 6.20 Å². The van der Waals surface area contributed by atoms with Crippen molar-refractivity contribution in [2.75, 3.05) is 11.9 Å². The van der Waals surface area contributed by atoms with Crippen molar-refractivity contribution in [1.82, 2.24) is 20.1 Å². The van der Waals surface area contributed by atoms with E-state index >= 15 is 0 Å². The third-order valence-electron chi connectivity index (χ3n) is 4.28. The highest BCUT2D eigenvalue weighted by molar-refractivity contribution is 5.55. The highest BCUT2D eigenvalue weighted by Crippen LogP contribution is 2.16. The summed E-state index contributed by atoms with van der Waals surface area (Å²) in [7, 11) is 0. The van der Waals surface area contributed by atoms with Gasteiger partial charge in [0.25, 0.3) is 5.56 Å². The molecule has 0 aromatic carbocycles. The normalized spacial score (nSPS) is 10.9. The van der Waals surface area contributed by atoms with Crippen molar-refractivity contribution >= 4 is 5.82 Å². The number of H-pyrrole nitrogens is 1. The Morgan fingerprint density at radius 2 is 2.12 bits per heavy atom. The molecule has 0 saturated carbocycles. The van der Waals surface area contributed by atoms with Crippen LogP contribution >= 0.6 is 0 Å². The lowest BCUT2D eigenvalue weighted by atomic mass is 10.1. The van der Waals surface area contributed by atoms with Gasteiger partial charge in [-0.15, -0.1) is 0 Å². The van der Waals surface area contributed by atoms with Gasteiger partial charge < -0.3 is 14.8 Å². The standard InChI is InChI=1S/C19H23N5O2/c1-4-15-10-18(25)23-19(22-15)14-7-8-17(21-11-14)20-9-5-6-16-12(2)24-26-13(16)3/h7-8,10-11H,4-6,9H2,1-3H3,(H,20,21)(H,22,23,25).